The van der Waals surface area contributed by atoms with Gasteiger partial charge in [-0.3, -0.25) is 4.79 Å². The third-order valence-corrected chi connectivity index (χ3v) is 2.16. The van der Waals surface area contributed by atoms with Crippen molar-refractivity contribution in [2.75, 3.05) is 6.54 Å². The highest BCUT2D eigenvalue weighted by atomic mass is 16.3. The second-order valence-corrected chi connectivity index (χ2v) is 4.70. The van der Waals surface area contributed by atoms with Gasteiger partial charge in [0.05, 0.1) is 11.6 Å². The van der Waals surface area contributed by atoms with Crippen LogP contribution in [-0.2, 0) is 4.79 Å². The fraction of sp³-hybridized carbons (Fsp3) is 0.900. The Morgan fingerprint density at radius 1 is 1.57 bits per heavy atom. The molecule has 0 bridgehead atoms. The number of rotatable bonds is 5. The van der Waals surface area contributed by atoms with Crippen molar-refractivity contribution < 1.29 is 9.90 Å². The van der Waals surface area contributed by atoms with Gasteiger partial charge in [-0.25, -0.2) is 0 Å². The summed E-state index contributed by atoms with van der Waals surface area (Å²) in [6.45, 7) is 5.66. The minimum Gasteiger partial charge on any atom is -0.389 e. The van der Waals surface area contributed by atoms with Crippen molar-refractivity contribution in [2.24, 2.45) is 0 Å². The fourth-order valence-corrected chi connectivity index (χ4v) is 1.05. The molecule has 1 rings (SSSR count). The van der Waals surface area contributed by atoms with Crippen LogP contribution in [0.4, 0.5) is 0 Å². The largest absolute Gasteiger partial charge is 0.389 e. The lowest BCUT2D eigenvalue weighted by molar-refractivity contribution is -0.123. The van der Waals surface area contributed by atoms with Crippen LogP contribution in [0, 0.1) is 0 Å². The molecule has 4 nitrogen and oxygen atoms in total. The second kappa shape index (κ2) is 4.28. The first-order chi connectivity index (χ1) is 6.38. The predicted molar refractivity (Wildman–Crippen MR) is 54.9 cm³/mol. The van der Waals surface area contributed by atoms with Crippen LogP contribution < -0.4 is 10.6 Å². The van der Waals surface area contributed by atoms with Gasteiger partial charge in [-0.15, -0.1) is 0 Å². The predicted octanol–water partition coefficient (Wildman–Crippen LogP) is 0.0140. The molecule has 0 aromatic heterocycles. The van der Waals surface area contributed by atoms with E-state index in [9.17, 15) is 9.90 Å². The Bertz CT molecular complexity index is 207. The Labute approximate surface area is 85.1 Å². The molecular weight excluding hydrogens is 180 g/mol. The third-order valence-electron chi connectivity index (χ3n) is 2.16. The fourth-order valence-electron chi connectivity index (χ4n) is 1.05. The zero-order valence-corrected chi connectivity index (χ0v) is 9.13. The lowest BCUT2D eigenvalue weighted by Gasteiger charge is -2.21. The van der Waals surface area contributed by atoms with Crippen molar-refractivity contribution in [3.05, 3.63) is 0 Å². The summed E-state index contributed by atoms with van der Waals surface area (Å²) in [5, 5.41) is 15.3. The average Bonchev–Trinajstić information content (AvgIpc) is 2.82. The first-order valence-electron chi connectivity index (χ1n) is 5.14. The highest BCUT2D eigenvalue weighted by Crippen LogP contribution is 2.18. The number of carbonyl (C=O) groups excluding carboxylic acids is 1. The van der Waals surface area contributed by atoms with Gasteiger partial charge in [0, 0.05) is 12.6 Å². The molecule has 0 spiro atoms. The SMILES string of the molecule is CC(NCC(C)(C)O)C(=O)NC1CC1. The van der Waals surface area contributed by atoms with E-state index in [1.54, 1.807) is 13.8 Å². The molecule has 0 radical (unpaired) electrons. The summed E-state index contributed by atoms with van der Waals surface area (Å²) < 4.78 is 0. The van der Waals surface area contributed by atoms with Crippen molar-refractivity contribution in [1.82, 2.24) is 10.6 Å². The van der Waals surface area contributed by atoms with E-state index in [0.717, 1.165) is 12.8 Å². The van der Waals surface area contributed by atoms with Gasteiger partial charge in [-0.2, -0.15) is 0 Å². The molecule has 4 heteroatoms. The normalized spacial score (nSPS) is 19.1. The maximum absolute atomic E-state index is 11.5. The van der Waals surface area contributed by atoms with Gasteiger partial charge < -0.3 is 15.7 Å². The molecule has 1 fully saturated rings. The lowest BCUT2D eigenvalue weighted by Crippen LogP contribution is -2.47. The van der Waals surface area contributed by atoms with E-state index in [4.69, 9.17) is 0 Å². The summed E-state index contributed by atoms with van der Waals surface area (Å²) in [5.41, 5.74) is -0.770. The summed E-state index contributed by atoms with van der Waals surface area (Å²) in [6.07, 6.45) is 2.20. The summed E-state index contributed by atoms with van der Waals surface area (Å²) >= 11 is 0. The molecule has 0 aromatic carbocycles. The lowest BCUT2D eigenvalue weighted by atomic mass is 10.1. The van der Waals surface area contributed by atoms with Crippen molar-refractivity contribution in [1.29, 1.82) is 0 Å². The van der Waals surface area contributed by atoms with E-state index in [1.165, 1.54) is 0 Å². The van der Waals surface area contributed by atoms with Gasteiger partial charge in [0.15, 0.2) is 0 Å². The van der Waals surface area contributed by atoms with Crippen LogP contribution in [0.1, 0.15) is 33.6 Å². The third kappa shape index (κ3) is 4.58. The molecule has 1 aliphatic rings. The molecule has 1 unspecified atom stereocenters. The summed E-state index contributed by atoms with van der Waals surface area (Å²) in [7, 11) is 0. The summed E-state index contributed by atoms with van der Waals surface area (Å²) in [5.74, 6) is 0.0248. The molecular formula is C10H20N2O2. The van der Waals surface area contributed by atoms with Gasteiger partial charge in [-0.1, -0.05) is 0 Å². The molecule has 82 valence electrons. The van der Waals surface area contributed by atoms with Gasteiger partial charge in [-0.05, 0) is 33.6 Å². The number of amides is 1. The van der Waals surface area contributed by atoms with Crippen LogP contribution in [-0.4, -0.2) is 35.2 Å². The van der Waals surface area contributed by atoms with Crippen molar-refractivity contribution in [3.63, 3.8) is 0 Å². The zero-order valence-electron chi connectivity index (χ0n) is 9.13. The van der Waals surface area contributed by atoms with Crippen LogP contribution >= 0.6 is 0 Å². The maximum Gasteiger partial charge on any atom is 0.237 e. The summed E-state index contributed by atoms with van der Waals surface area (Å²) in [6, 6.07) is 0.163. The van der Waals surface area contributed by atoms with Gasteiger partial charge in [0.2, 0.25) is 5.91 Å². The van der Waals surface area contributed by atoms with Gasteiger partial charge in [0.1, 0.15) is 0 Å². The highest BCUT2D eigenvalue weighted by Gasteiger charge is 2.26. The first-order valence-corrected chi connectivity index (χ1v) is 5.14. The van der Waals surface area contributed by atoms with Crippen LogP contribution in [0.2, 0.25) is 0 Å². The highest BCUT2D eigenvalue weighted by molar-refractivity contribution is 5.81. The Hall–Kier alpha value is -0.610. The average molecular weight is 200 g/mol. The topological polar surface area (TPSA) is 61.4 Å². The number of hydrogen-bond donors (Lipinski definition) is 3. The summed E-state index contributed by atoms with van der Waals surface area (Å²) in [4.78, 5) is 11.5. The monoisotopic (exact) mass is 200 g/mol. The number of aliphatic hydroxyl groups is 1. The molecule has 1 atom stereocenters. The number of carbonyl (C=O) groups is 1. The van der Waals surface area contributed by atoms with Crippen molar-refractivity contribution in [3.8, 4) is 0 Å². The minimum absolute atomic E-state index is 0.0248. The quantitative estimate of drug-likeness (QED) is 0.586. The molecule has 0 aliphatic heterocycles. The van der Waals surface area contributed by atoms with E-state index in [2.05, 4.69) is 10.6 Å². The molecule has 1 amide bonds. The Morgan fingerprint density at radius 3 is 2.57 bits per heavy atom. The van der Waals surface area contributed by atoms with E-state index >= 15 is 0 Å². The Morgan fingerprint density at radius 2 is 2.14 bits per heavy atom. The first kappa shape index (κ1) is 11.5. The molecule has 1 saturated carbocycles. The van der Waals surface area contributed by atoms with E-state index in [-0.39, 0.29) is 11.9 Å². The maximum atomic E-state index is 11.5. The van der Waals surface area contributed by atoms with Gasteiger partial charge in [0.25, 0.3) is 0 Å². The molecule has 0 heterocycles. The van der Waals surface area contributed by atoms with Crippen molar-refractivity contribution in [2.45, 2.75) is 51.3 Å². The van der Waals surface area contributed by atoms with Crippen LogP contribution in [0.5, 0.6) is 0 Å². The number of hydrogen-bond acceptors (Lipinski definition) is 3. The molecule has 1 aliphatic carbocycles. The van der Waals surface area contributed by atoms with E-state index < -0.39 is 5.60 Å². The smallest absolute Gasteiger partial charge is 0.237 e. The molecule has 0 aromatic rings. The zero-order chi connectivity index (χ0) is 10.8. The Kier molecular flexibility index (Phi) is 3.50. The van der Waals surface area contributed by atoms with E-state index in [1.807, 2.05) is 6.92 Å². The minimum atomic E-state index is -0.770. The van der Waals surface area contributed by atoms with Gasteiger partial charge >= 0.3 is 0 Å². The number of nitrogens with one attached hydrogen (secondary N) is 2. The second-order valence-electron chi connectivity index (χ2n) is 4.70. The Balaban J connectivity index is 2.19. The molecule has 0 saturated heterocycles. The molecule has 3 N–H and O–H groups in total. The molecule has 14 heavy (non-hydrogen) atoms. The standard InChI is InChI=1S/C10H20N2O2/c1-7(11-6-10(2,3)14)9(13)12-8-4-5-8/h7-8,11,14H,4-6H2,1-3H3,(H,12,13). The van der Waals surface area contributed by atoms with Crippen LogP contribution in [0.25, 0.3) is 0 Å². The van der Waals surface area contributed by atoms with E-state index in [0.29, 0.717) is 12.6 Å². The van der Waals surface area contributed by atoms with Crippen LogP contribution in [0.15, 0.2) is 0 Å². The van der Waals surface area contributed by atoms with Crippen molar-refractivity contribution >= 4 is 5.91 Å². The van der Waals surface area contributed by atoms with Crippen LogP contribution in [0.3, 0.4) is 0 Å².